The van der Waals surface area contributed by atoms with Crippen molar-refractivity contribution < 1.29 is 18.3 Å². The molecular weight excluding hydrogens is 398 g/mol. The second-order valence-corrected chi connectivity index (χ2v) is 8.46. The highest BCUT2D eigenvalue weighted by Crippen LogP contribution is 2.30. The molecule has 0 aliphatic heterocycles. The Hall–Kier alpha value is -2.83. The van der Waals surface area contributed by atoms with E-state index in [1.807, 2.05) is 30.3 Å². The van der Waals surface area contributed by atoms with E-state index in [0.29, 0.717) is 21.7 Å². The summed E-state index contributed by atoms with van der Waals surface area (Å²) in [6.45, 7) is 3.35. The van der Waals surface area contributed by atoms with Crippen LogP contribution in [0.4, 0.5) is 5.69 Å². The standard InChI is InChI=1S/C21H18ClNO4S/c1-13-11-20(14(2)10-18(13)22)28(26,27)23-19-12-16(8-9-17(19)21(24)25)15-6-4-3-5-7-15/h3-12,23H,1-2H3,(H,24,25). The maximum Gasteiger partial charge on any atom is 0.337 e. The third-order valence-electron chi connectivity index (χ3n) is 4.35. The molecule has 0 heterocycles. The number of rotatable bonds is 5. The Morgan fingerprint density at radius 3 is 2.25 bits per heavy atom. The van der Waals surface area contributed by atoms with Crippen molar-refractivity contribution in [3.8, 4) is 11.1 Å². The number of halogens is 1. The number of hydrogen-bond donors (Lipinski definition) is 2. The summed E-state index contributed by atoms with van der Waals surface area (Å²) in [5.41, 5.74) is 2.50. The lowest BCUT2D eigenvalue weighted by Crippen LogP contribution is -2.17. The number of sulfonamides is 1. The van der Waals surface area contributed by atoms with E-state index in [1.165, 1.54) is 18.2 Å². The van der Waals surface area contributed by atoms with Gasteiger partial charge in [0.05, 0.1) is 16.1 Å². The molecule has 3 aromatic rings. The summed E-state index contributed by atoms with van der Waals surface area (Å²) in [7, 11) is -4.01. The molecule has 3 aromatic carbocycles. The molecule has 2 N–H and O–H groups in total. The minimum Gasteiger partial charge on any atom is -0.478 e. The predicted molar refractivity (Wildman–Crippen MR) is 111 cm³/mol. The summed E-state index contributed by atoms with van der Waals surface area (Å²) in [5, 5.41) is 9.94. The van der Waals surface area contributed by atoms with Crippen LogP contribution in [-0.4, -0.2) is 19.5 Å². The molecular formula is C21H18ClNO4S. The Morgan fingerprint density at radius 1 is 0.929 bits per heavy atom. The van der Waals surface area contributed by atoms with Crippen molar-refractivity contribution in [2.45, 2.75) is 18.7 Å². The van der Waals surface area contributed by atoms with Crippen molar-refractivity contribution in [1.29, 1.82) is 0 Å². The molecule has 0 fully saturated rings. The number of aryl methyl sites for hydroxylation is 2. The largest absolute Gasteiger partial charge is 0.478 e. The van der Waals surface area contributed by atoms with Gasteiger partial charge in [-0.2, -0.15) is 0 Å². The van der Waals surface area contributed by atoms with Crippen LogP contribution in [-0.2, 0) is 10.0 Å². The summed E-state index contributed by atoms with van der Waals surface area (Å²) < 4.78 is 28.4. The molecule has 5 nitrogen and oxygen atoms in total. The molecule has 7 heteroatoms. The summed E-state index contributed by atoms with van der Waals surface area (Å²) in [5.74, 6) is -1.22. The molecule has 0 unspecified atom stereocenters. The van der Waals surface area contributed by atoms with Crippen molar-refractivity contribution in [3.05, 3.63) is 82.4 Å². The minimum absolute atomic E-state index is 0.000793. The Balaban J connectivity index is 2.10. The lowest BCUT2D eigenvalue weighted by Gasteiger charge is -2.15. The van der Waals surface area contributed by atoms with Crippen LogP contribution in [0.5, 0.6) is 0 Å². The summed E-state index contributed by atoms with van der Waals surface area (Å²) in [6, 6.07) is 16.9. The Kier molecular flexibility index (Phi) is 5.45. The first-order valence-corrected chi connectivity index (χ1v) is 10.3. The first-order chi connectivity index (χ1) is 13.2. The van der Waals surface area contributed by atoms with Gasteiger partial charge in [-0.25, -0.2) is 13.2 Å². The van der Waals surface area contributed by atoms with Gasteiger partial charge in [0, 0.05) is 5.02 Å². The van der Waals surface area contributed by atoms with Crippen LogP contribution >= 0.6 is 11.6 Å². The second kappa shape index (κ2) is 7.66. The number of carboxylic acids is 1. The first kappa shape index (κ1) is 19.9. The van der Waals surface area contributed by atoms with Gasteiger partial charge in [0.25, 0.3) is 10.0 Å². The summed E-state index contributed by atoms with van der Waals surface area (Å²) in [6.07, 6.45) is 0. The van der Waals surface area contributed by atoms with E-state index in [-0.39, 0.29) is 16.1 Å². The Labute approximate surface area is 168 Å². The molecule has 0 aliphatic carbocycles. The van der Waals surface area contributed by atoms with Gasteiger partial charge in [-0.05, 0) is 60.4 Å². The molecule has 0 bridgehead atoms. The lowest BCUT2D eigenvalue weighted by molar-refractivity contribution is 0.0698. The molecule has 3 rings (SSSR count). The predicted octanol–water partition coefficient (Wildman–Crippen LogP) is 5.12. The molecule has 0 amide bonds. The summed E-state index contributed by atoms with van der Waals surface area (Å²) >= 11 is 6.06. The van der Waals surface area contributed by atoms with E-state index in [1.54, 1.807) is 26.0 Å². The zero-order valence-corrected chi connectivity index (χ0v) is 16.8. The van der Waals surface area contributed by atoms with Crippen LogP contribution in [0, 0.1) is 13.8 Å². The molecule has 0 saturated carbocycles. The molecule has 0 radical (unpaired) electrons. The van der Waals surface area contributed by atoms with E-state index >= 15 is 0 Å². The van der Waals surface area contributed by atoms with Crippen molar-refractivity contribution in [2.24, 2.45) is 0 Å². The number of anilines is 1. The van der Waals surface area contributed by atoms with Gasteiger partial charge in [-0.1, -0.05) is 48.0 Å². The van der Waals surface area contributed by atoms with E-state index < -0.39 is 16.0 Å². The van der Waals surface area contributed by atoms with Crippen LogP contribution in [0.15, 0.2) is 65.6 Å². The number of carboxylic acid groups (broad SMARTS) is 1. The van der Waals surface area contributed by atoms with Gasteiger partial charge in [0.15, 0.2) is 0 Å². The zero-order valence-electron chi connectivity index (χ0n) is 15.2. The fourth-order valence-electron chi connectivity index (χ4n) is 2.87. The van der Waals surface area contributed by atoms with E-state index in [9.17, 15) is 18.3 Å². The van der Waals surface area contributed by atoms with Crippen LogP contribution in [0.25, 0.3) is 11.1 Å². The number of benzene rings is 3. The normalized spacial score (nSPS) is 11.2. The second-order valence-electron chi connectivity index (χ2n) is 6.40. The maximum absolute atomic E-state index is 13.0. The van der Waals surface area contributed by atoms with Crippen LogP contribution in [0.2, 0.25) is 5.02 Å². The van der Waals surface area contributed by atoms with Crippen molar-refractivity contribution in [3.63, 3.8) is 0 Å². The average molecular weight is 416 g/mol. The van der Waals surface area contributed by atoms with Crippen molar-refractivity contribution >= 4 is 33.3 Å². The third-order valence-corrected chi connectivity index (χ3v) is 6.26. The highest BCUT2D eigenvalue weighted by Gasteiger charge is 2.22. The van der Waals surface area contributed by atoms with E-state index in [2.05, 4.69) is 4.72 Å². The van der Waals surface area contributed by atoms with Crippen LogP contribution in [0.1, 0.15) is 21.5 Å². The van der Waals surface area contributed by atoms with E-state index in [4.69, 9.17) is 11.6 Å². The number of hydrogen-bond acceptors (Lipinski definition) is 3. The van der Waals surface area contributed by atoms with Crippen molar-refractivity contribution in [1.82, 2.24) is 0 Å². The van der Waals surface area contributed by atoms with Gasteiger partial charge >= 0.3 is 5.97 Å². The number of aromatic carboxylic acids is 1. The smallest absolute Gasteiger partial charge is 0.337 e. The molecule has 0 aliphatic rings. The highest BCUT2D eigenvalue weighted by molar-refractivity contribution is 7.92. The van der Waals surface area contributed by atoms with Gasteiger partial charge in [0.2, 0.25) is 0 Å². The molecule has 28 heavy (non-hydrogen) atoms. The van der Waals surface area contributed by atoms with Gasteiger partial charge in [-0.15, -0.1) is 0 Å². The zero-order chi connectivity index (χ0) is 20.5. The molecule has 0 spiro atoms. The summed E-state index contributed by atoms with van der Waals surface area (Å²) in [4.78, 5) is 11.7. The fourth-order valence-corrected chi connectivity index (χ4v) is 4.47. The molecule has 144 valence electrons. The van der Waals surface area contributed by atoms with E-state index in [0.717, 1.165) is 5.56 Å². The maximum atomic E-state index is 13.0. The number of carbonyl (C=O) groups is 1. The van der Waals surface area contributed by atoms with Gasteiger partial charge < -0.3 is 5.11 Å². The number of nitrogens with one attached hydrogen (secondary N) is 1. The van der Waals surface area contributed by atoms with Crippen molar-refractivity contribution in [2.75, 3.05) is 4.72 Å². The SMILES string of the molecule is Cc1cc(S(=O)(=O)Nc2cc(-c3ccccc3)ccc2C(=O)O)c(C)cc1Cl. The monoisotopic (exact) mass is 415 g/mol. The van der Waals surface area contributed by atoms with Crippen LogP contribution in [0.3, 0.4) is 0 Å². The quantitative estimate of drug-likeness (QED) is 0.605. The minimum atomic E-state index is -4.01. The molecule has 0 atom stereocenters. The third kappa shape index (κ3) is 4.03. The Bertz CT molecular complexity index is 1160. The average Bonchev–Trinajstić information content (AvgIpc) is 2.64. The fraction of sp³-hybridized carbons (Fsp3) is 0.0952. The molecule has 0 saturated heterocycles. The van der Waals surface area contributed by atoms with Crippen LogP contribution < -0.4 is 4.72 Å². The molecule has 0 aromatic heterocycles. The Morgan fingerprint density at radius 2 is 1.61 bits per heavy atom. The lowest BCUT2D eigenvalue weighted by atomic mass is 10.0. The van der Waals surface area contributed by atoms with Gasteiger partial charge in [0.1, 0.15) is 0 Å². The van der Waals surface area contributed by atoms with Gasteiger partial charge in [-0.3, -0.25) is 4.72 Å². The topological polar surface area (TPSA) is 83.5 Å². The first-order valence-electron chi connectivity index (χ1n) is 8.41. The highest BCUT2D eigenvalue weighted by atomic mass is 35.5.